The summed E-state index contributed by atoms with van der Waals surface area (Å²) >= 11 is 2.45. The molecule has 2 nitrogen and oxygen atoms in total. The zero-order valence-corrected chi connectivity index (χ0v) is 8.00. The van der Waals surface area contributed by atoms with Gasteiger partial charge in [0.25, 0.3) is 22.9 Å². The number of nitrogens with zero attached hydrogens (tertiary/aromatic N) is 2. The van der Waals surface area contributed by atoms with Gasteiger partial charge in [-0.3, -0.25) is 0 Å². The molecule has 0 aliphatic carbocycles. The van der Waals surface area contributed by atoms with Crippen molar-refractivity contribution < 1.29 is 2.70 Å². The fraction of sp³-hybridized carbons (Fsp3) is 0.667. The van der Waals surface area contributed by atoms with Crippen molar-refractivity contribution >= 4 is 22.9 Å². The van der Waals surface area contributed by atoms with E-state index in [-0.39, 0.29) is 0 Å². The third-order valence-corrected chi connectivity index (χ3v) is 2.88. The van der Waals surface area contributed by atoms with Crippen LogP contribution in [0.1, 0.15) is 6.92 Å². The molecule has 1 unspecified atom stereocenters. The standard InChI is InChI=1S/C6H12IN2/c1-3-9(7)5-4-8(2)6-9/h4-5H,3,6H2,1-2H3/q+1. The molecule has 1 heterocycles. The quantitative estimate of drug-likeness (QED) is 0.495. The molecule has 0 radical (unpaired) electrons. The highest BCUT2D eigenvalue weighted by molar-refractivity contribution is 14.1. The normalized spacial score (nSPS) is 33.9. The van der Waals surface area contributed by atoms with Gasteiger partial charge in [0.2, 0.25) is 0 Å². The predicted molar refractivity (Wildman–Crippen MR) is 46.6 cm³/mol. The molecule has 1 rings (SSSR count). The molecular weight excluding hydrogens is 227 g/mol. The van der Waals surface area contributed by atoms with Gasteiger partial charge < -0.3 is 4.90 Å². The van der Waals surface area contributed by atoms with E-state index in [0.29, 0.717) is 0 Å². The van der Waals surface area contributed by atoms with Gasteiger partial charge in [0, 0.05) is 7.05 Å². The largest absolute Gasteiger partial charge is 0.329 e. The molecule has 0 bridgehead atoms. The first-order valence-electron chi connectivity index (χ1n) is 3.12. The zero-order valence-electron chi connectivity index (χ0n) is 5.84. The van der Waals surface area contributed by atoms with Gasteiger partial charge >= 0.3 is 0 Å². The van der Waals surface area contributed by atoms with Crippen LogP contribution in [0, 0.1) is 0 Å². The summed E-state index contributed by atoms with van der Waals surface area (Å²) in [6.07, 6.45) is 4.36. The van der Waals surface area contributed by atoms with E-state index >= 15 is 0 Å². The van der Waals surface area contributed by atoms with Crippen molar-refractivity contribution in [2.24, 2.45) is 0 Å². The molecule has 0 N–H and O–H groups in total. The van der Waals surface area contributed by atoms with Crippen molar-refractivity contribution in [3.63, 3.8) is 0 Å². The van der Waals surface area contributed by atoms with Crippen molar-refractivity contribution in [3.8, 4) is 0 Å². The van der Waals surface area contributed by atoms with Crippen LogP contribution in [0.15, 0.2) is 12.4 Å². The number of hydrogen-bond donors (Lipinski definition) is 0. The Bertz CT molecular complexity index is 135. The molecule has 0 aromatic rings. The molecule has 0 amide bonds. The molecule has 0 fully saturated rings. The summed E-state index contributed by atoms with van der Waals surface area (Å²) < 4.78 is 1.02. The molecule has 0 saturated carbocycles. The summed E-state index contributed by atoms with van der Waals surface area (Å²) in [5, 5.41) is 0. The zero-order chi connectivity index (χ0) is 6.91. The van der Waals surface area contributed by atoms with E-state index in [4.69, 9.17) is 0 Å². The van der Waals surface area contributed by atoms with Crippen molar-refractivity contribution in [1.29, 1.82) is 0 Å². The molecule has 9 heavy (non-hydrogen) atoms. The fourth-order valence-electron chi connectivity index (χ4n) is 0.904. The minimum absolute atomic E-state index is 1.02. The van der Waals surface area contributed by atoms with Crippen LogP contribution in [0.5, 0.6) is 0 Å². The molecule has 0 spiro atoms. The SMILES string of the molecule is CC[N+]1(I)C=CN(C)C1. The average Bonchev–Trinajstić information content (AvgIpc) is 2.13. The second kappa shape index (κ2) is 2.46. The van der Waals surface area contributed by atoms with Crippen LogP contribution in [0.25, 0.3) is 0 Å². The number of quaternary nitrogens is 1. The van der Waals surface area contributed by atoms with Crippen LogP contribution >= 0.6 is 22.9 Å². The maximum absolute atomic E-state index is 2.45. The number of rotatable bonds is 1. The average molecular weight is 239 g/mol. The summed E-state index contributed by atoms with van der Waals surface area (Å²) in [6.45, 7) is 4.48. The Morgan fingerprint density at radius 1 is 1.78 bits per heavy atom. The highest BCUT2D eigenvalue weighted by Gasteiger charge is 2.25. The Morgan fingerprint density at radius 2 is 2.44 bits per heavy atom. The van der Waals surface area contributed by atoms with E-state index < -0.39 is 0 Å². The van der Waals surface area contributed by atoms with Crippen LogP contribution in [0.2, 0.25) is 0 Å². The van der Waals surface area contributed by atoms with Gasteiger partial charge in [0.05, 0.1) is 12.7 Å². The summed E-state index contributed by atoms with van der Waals surface area (Å²) in [5.74, 6) is 0. The molecule has 1 aliphatic heterocycles. The lowest BCUT2D eigenvalue weighted by molar-refractivity contribution is -0.696. The lowest BCUT2D eigenvalue weighted by atomic mass is 10.6. The number of hydrogen-bond acceptors (Lipinski definition) is 1. The third kappa shape index (κ3) is 1.58. The molecular formula is C6H12IN2+. The predicted octanol–water partition coefficient (Wildman–Crippen LogP) is 1.55. The second-order valence-corrected chi connectivity index (χ2v) is 4.36. The molecule has 0 saturated heterocycles. The number of halogens is 1. The van der Waals surface area contributed by atoms with Gasteiger partial charge in [-0.2, -0.15) is 0 Å². The van der Waals surface area contributed by atoms with Crippen LogP contribution in [0.3, 0.4) is 0 Å². The minimum Gasteiger partial charge on any atom is -0.329 e. The highest BCUT2D eigenvalue weighted by atomic mass is 127. The van der Waals surface area contributed by atoms with Gasteiger partial charge in [-0.1, -0.05) is 0 Å². The van der Waals surface area contributed by atoms with Gasteiger partial charge in [0.1, 0.15) is 6.20 Å². The van der Waals surface area contributed by atoms with Crippen molar-refractivity contribution in [3.05, 3.63) is 12.4 Å². The maximum Gasteiger partial charge on any atom is 0.255 e. The van der Waals surface area contributed by atoms with Crippen LogP contribution < -0.4 is 0 Å². The summed E-state index contributed by atoms with van der Waals surface area (Å²) in [4.78, 5) is 2.20. The molecule has 0 aromatic heterocycles. The Balaban J connectivity index is 2.57. The Morgan fingerprint density at radius 3 is 2.67 bits per heavy atom. The summed E-state index contributed by atoms with van der Waals surface area (Å²) in [6, 6.07) is 0. The molecule has 52 valence electrons. The van der Waals surface area contributed by atoms with Gasteiger partial charge in [-0.15, -0.1) is 0 Å². The third-order valence-electron chi connectivity index (χ3n) is 1.57. The first kappa shape index (κ1) is 7.34. The van der Waals surface area contributed by atoms with Crippen molar-refractivity contribution in [2.45, 2.75) is 6.92 Å². The van der Waals surface area contributed by atoms with E-state index in [2.05, 4.69) is 54.1 Å². The summed E-state index contributed by atoms with van der Waals surface area (Å²) in [7, 11) is 2.10. The molecule has 1 atom stereocenters. The van der Waals surface area contributed by atoms with Gasteiger partial charge in [-0.05, 0) is 6.92 Å². The second-order valence-electron chi connectivity index (χ2n) is 2.44. The fourth-order valence-corrected chi connectivity index (χ4v) is 1.53. The lowest BCUT2D eigenvalue weighted by Crippen LogP contribution is -2.33. The Kier molecular flexibility index (Phi) is 2.00. The van der Waals surface area contributed by atoms with Crippen LogP contribution in [-0.4, -0.2) is 27.9 Å². The Labute approximate surface area is 70.2 Å². The first-order valence-corrected chi connectivity index (χ1v) is 4.09. The van der Waals surface area contributed by atoms with Crippen LogP contribution in [0.4, 0.5) is 0 Å². The molecule has 1 aliphatic rings. The van der Waals surface area contributed by atoms with Crippen molar-refractivity contribution in [2.75, 3.05) is 20.3 Å². The van der Waals surface area contributed by atoms with Crippen molar-refractivity contribution in [1.82, 2.24) is 4.90 Å². The molecule has 3 heteroatoms. The van der Waals surface area contributed by atoms with E-state index in [1.54, 1.807) is 0 Å². The van der Waals surface area contributed by atoms with E-state index in [1.807, 2.05) is 0 Å². The molecule has 0 aromatic carbocycles. The van der Waals surface area contributed by atoms with Crippen LogP contribution in [-0.2, 0) is 0 Å². The van der Waals surface area contributed by atoms with E-state index in [9.17, 15) is 0 Å². The smallest absolute Gasteiger partial charge is 0.255 e. The van der Waals surface area contributed by atoms with E-state index in [1.165, 1.54) is 6.54 Å². The Hall–Kier alpha value is 0.230. The first-order chi connectivity index (χ1) is 4.16. The minimum atomic E-state index is 1.02. The topological polar surface area (TPSA) is 3.24 Å². The van der Waals surface area contributed by atoms with E-state index in [0.717, 1.165) is 9.37 Å². The maximum atomic E-state index is 2.45. The summed E-state index contributed by atoms with van der Waals surface area (Å²) in [5.41, 5.74) is 0. The highest BCUT2D eigenvalue weighted by Crippen LogP contribution is 2.22. The van der Waals surface area contributed by atoms with Gasteiger partial charge in [-0.25, -0.2) is 2.70 Å². The lowest BCUT2D eigenvalue weighted by Gasteiger charge is -2.21. The van der Waals surface area contributed by atoms with Gasteiger partial charge in [0.15, 0.2) is 6.67 Å². The monoisotopic (exact) mass is 239 g/mol.